The van der Waals surface area contributed by atoms with Gasteiger partial charge in [0.2, 0.25) is 0 Å². The minimum Gasteiger partial charge on any atom is -0.452 e. The van der Waals surface area contributed by atoms with Crippen LogP contribution in [0.25, 0.3) is 0 Å². The van der Waals surface area contributed by atoms with Gasteiger partial charge in [0.1, 0.15) is 5.84 Å². The highest BCUT2D eigenvalue weighted by Gasteiger charge is 2.30. The van der Waals surface area contributed by atoms with E-state index in [4.69, 9.17) is 4.74 Å². The molecule has 0 spiro atoms. The average Bonchev–Trinajstić information content (AvgIpc) is 2.86. The number of carbonyl (C=O) groups is 3. The van der Waals surface area contributed by atoms with Gasteiger partial charge >= 0.3 is 12.0 Å². The van der Waals surface area contributed by atoms with Gasteiger partial charge in [-0.2, -0.15) is 0 Å². The van der Waals surface area contributed by atoms with Crippen molar-refractivity contribution in [2.45, 2.75) is 31.3 Å². The number of ether oxygens (including phenoxy) is 1. The van der Waals surface area contributed by atoms with Crippen molar-refractivity contribution in [1.82, 2.24) is 15.4 Å². The minimum absolute atomic E-state index is 0.0321. The second-order valence-electron chi connectivity index (χ2n) is 5.56. The SMILES string of the molecule is CCNC(=O)NC(=O)C(C)OC(=O)CCN=C1NS(=O)(=O)c2ccccc21. The molecular formula is C16H20N4O6S. The topological polar surface area (TPSA) is 143 Å². The largest absolute Gasteiger partial charge is 0.452 e. The average molecular weight is 396 g/mol. The number of fused-ring (bicyclic) bond motifs is 1. The molecule has 3 amide bonds. The van der Waals surface area contributed by atoms with Crippen molar-refractivity contribution >= 4 is 33.8 Å². The molecule has 0 aromatic heterocycles. The number of amidine groups is 1. The van der Waals surface area contributed by atoms with Crippen LogP contribution in [0.15, 0.2) is 34.2 Å². The molecular weight excluding hydrogens is 376 g/mol. The Balaban J connectivity index is 1.87. The number of aliphatic imine (C=N–C) groups is 1. The van der Waals surface area contributed by atoms with Crippen molar-refractivity contribution in [3.63, 3.8) is 0 Å². The summed E-state index contributed by atoms with van der Waals surface area (Å²) in [6.07, 6.45) is -1.31. The monoisotopic (exact) mass is 396 g/mol. The normalized spacial score (nSPS) is 16.7. The smallest absolute Gasteiger partial charge is 0.321 e. The number of esters is 1. The standard InChI is InChI=1S/C16H20N4O6S/c1-3-17-16(23)19-15(22)10(2)26-13(21)8-9-18-14-11-6-4-5-7-12(11)27(24,25)20-14/h4-7,10H,3,8-9H2,1-2H3,(H,18,20)(H2,17,19,22,23). The Morgan fingerprint density at radius 1 is 1.26 bits per heavy atom. The van der Waals surface area contributed by atoms with E-state index in [1.54, 1.807) is 25.1 Å². The molecule has 0 fully saturated rings. The van der Waals surface area contributed by atoms with Crippen LogP contribution < -0.4 is 15.4 Å². The third-order valence-electron chi connectivity index (χ3n) is 3.50. The van der Waals surface area contributed by atoms with E-state index in [9.17, 15) is 22.8 Å². The summed E-state index contributed by atoms with van der Waals surface area (Å²) in [7, 11) is -3.64. The molecule has 11 heteroatoms. The molecule has 2 rings (SSSR count). The number of imide groups is 1. The molecule has 1 aromatic rings. The van der Waals surface area contributed by atoms with Gasteiger partial charge in [-0.25, -0.2) is 13.2 Å². The lowest BCUT2D eigenvalue weighted by atomic mass is 10.2. The molecule has 0 saturated carbocycles. The maximum Gasteiger partial charge on any atom is 0.321 e. The van der Waals surface area contributed by atoms with Gasteiger partial charge in [0.15, 0.2) is 6.10 Å². The second kappa shape index (κ2) is 8.62. The predicted molar refractivity (Wildman–Crippen MR) is 95.6 cm³/mol. The second-order valence-corrected chi connectivity index (χ2v) is 7.21. The number of nitrogens with zero attached hydrogens (tertiary/aromatic N) is 1. The van der Waals surface area contributed by atoms with Gasteiger partial charge in [-0.05, 0) is 26.0 Å². The number of hydrogen-bond donors (Lipinski definition) is 3. The van der Waals surface area contributed by atoms with Gasteiger partial charge < -0.3 is 10.1 Å². The van der Waals surface area contributed by atoms with E-state index in [0.717, 1.165) is 0 Å². The van der Waals surface area contributed by atoms with Crippen LogP contribution in [0.4, 0.5) is 4.79 Å². The maximum atomic E-state index is 12.0. The van der Waals surface area contributed by atoms with Crippen LogP contribution in [0.1, 0.15) is 25.8 Å². The molecule has 1 aliphatic rings. The number of nitrogens with one attached hydrogen (secondary N) is 3. The lowest BCUT2D eigenvalue weighted by Crippen LogP contribution is -2.44. The molecule has 1 unspecified atom stereocenters. The van der Waals surface area contributed by atoms with E-state index in [-0.39, 0.29) is 23.7 Å². The Morgan fingerprint density at radius 2 is 1.96 bits per heavy atom. The Kier molecular flexibility index (Phi) is 6.50. The lowest BCUT2D eigenvalue weighted by Gasteiger charge is -2.12. The molecule has 0 bridgehead atoms. The highest BCUT2D eigenvalue weighted by molar-refractivity contribution is 7.90. The molecule has 1 heterocycles. The predicted octanol–water partition coefficient (Wildman–Crippen LogP) is -0.107. The minimum atomic E-state index is -3.64. The summed E-state index contributed by atoms with van der Waals surface area (Å²) in [6.45, 7) is 3.34. The van der Waals surface area contributed by atoms with Crippen LogP contribution in [0.3, 0.4) is 0 Å². The van der Waals surface area contributed by atoms with E-state index in [0.29, 0.717) is 12.1 Å². The van der Waals surface area contributed by atoms with Gasteiger partial charge in [-0.1, -0.05) is 12.1 Å². The zero-order valence-electron chi connectivity index (χ0n) is 14.8. The lowest BCUT2D eigenvalue weighted by molar-refractivity contribution is -0.154. The van der Waals surface area contributed by atoms with Gasteiger partial charge in [-0.15, -0.1) is 0 Å². The van der Waals surface area contributed by atoms with E-state index in [2.05, 4.69) is 15.0 Å². The van der Waals surface area contributed by atoms with E-state index in [1.165, 1.54) is 13.0 Å². The summed E-state index contributed by atoms with van der Waals surface area (Å²) < 4.78 is 31.2. The number of benzene rings is 1. The van der Waals surface area contributed by atoms with E-state index in [1.807, 2.05) is 5.32 Å². The van der Waals surface area contributed by atoms with Crippen molar-refractivity contribution in [3.05, 3.63) is 29.8 Å². The van der Waals surface area contributed by atoms with Gasteiger partial charge in [-0.3, -0.25) is 24.6 Å². The Hall–Kier alpha value is -2.95. The van der Waals surface area contributed by atoms with Crippen LogP contribution in [0.5, 0.6) is 0 Å². The molecule has 10 nitrogen and oxygen atoms in total. The Bertz CT molecular complexity index is 881. The first-order valence-corrected chi connectivity index (χ1v) is 9.67. The summed E-state index contributed by atoms with van der Waals surface area (Å²) >= 11 is 0. The number of rotatable bonds is 6. The van der Waals surface area contributed by atoms with E-state index >= 15 is 0 Å². The summed E-state index contributed by atoms with van der Waals surface area (Å²) in [6, 6.07) is 5.68. The van der Waals surface area contributed by atoms with Crippen LogP contribution in [-0.4, -0.2) is 51.4 Å². The first-order chi connectivity index (χ1) is 12.7. The van der Waals surface area contributed by atoms with Crippen LogP contribution in [0, 0.1) is 0 Å². The highest BCUT2D eigenvalue weighted by atomic mass is 32.2. The van der Waals surface area contributed by atoms with E-state index < -0.39 is 34.0 Å². The fourth-order valence-corrected chi connectivity index (χ4v) is 3.49. The summed E-state index contributed by atoms with van der Waals surface area (Å²) in [4.78, 5) is 39.0. The van der Waals surface area contributed by atoms with Crippen molar-refractivity contribution < 1.29 is 27.5 Å². The van der Waals surface area contributed by atoms with Gasteiger partial charge in [0.25, 0.3) is 15.9 Å². The van der Waals surface area contributed by atoms with Crippen molar-refractivity contribution in [3.8, 4) is 0 Å². The number of carbonyl (C=O) groups excluding carboxylic acids is 3. The molecule has 1 atom stereocenters. The Labute approximate surface area is 156 Å². The fraction of sp³-hybridized carbons (Fsp3) is 0.375. The highest BCUT2D eigenvalue weighted by Crippen LogP contribution is 2.22. The zero-order chi connectivity index (χ0) is 20.0. The molecule has 0 aliphatic carbocycles. The molecule has 0 saturated heterocycles. The molecule has 1 aromatic carbocycles. The Morgan fingerprint density at radius 3 is 2.67 bits per heavy atom. The molecule has 146 valence electrons. The molecule has 27 heavy (non-hydrogen) atoms. The van der Waals surface area contributed by atoms with Crippen molar-refractivity contribution in [1.29, 1.82) is 0 Å². The summed E-state index contributed by atoms with van der Waals surface area (Å²) in [5.41, 5.74) is 0.431. The molecule has 1 aliphatic heterocycles. The quantitative estimate of drug-likeness (QED) is 0.573. The third kappa shape index (κ3) is 5.26. The van der Waals surface area contributed by atoms with Gasteiger partial charge in [0, 0.05) is 12.1 Å². The zero-order valence-corrected chi connectivity index (χ0v) is 15.6. The summed E-state index contributed by atoms with van der Waals surface area (Å²) in [5, 5.41) is 4.42. The number of amides is 3. The van der Waals surface area contributed by atoms with Crippen LogP contribution in [-0.2, 0) is 24.3 Å². The molecule has 0 radical (unpaired) electrons. The van der Waals surface area contributed by atoms with Crippen molar-refractivity contribution in [2.24, 2.45) is 4.99 Å². The number of urea groups is 1. The first kappa shape index (κ1) is 20.4. The third-order valence-corrected chi connectivity index (χ3v) is 4.90. The fourth-order valence-electron chi connectivity index (χ4n) is 2.24. The number of hydrogen-bond acceptors (Lipinski definition) is 7. The first-order valence-electron chi connectivity index (χ1n) is 8.19. The van der Waals surface area contributed by atoms with Gasteiger partial charge in [0.05, 0.1) is 17.9 Å². The molecule has 3 N–H and O–H groups in total. The van der Waals surface area contributed by atoms with Crippen LogP contribution in [0.2, 0.25) is 0 Å². The summed E-state index contributed by atoms with van der Waals surface area (Å²) in [5.74, 6) is -1.30. The maximum absolute atomic E-state index is 12.0. The number of sulfonamides is 1. The van der Waals surface area contributed by atoms with Crippen LogP contribution >= 0.6 is 0 Å². The van der Waals surface area contributed by atoms with Crippen molar-refractivity contribution in [2.75, 3.05) is 13.1 Å².